The summed E-state index contributed by atoms with van der Waals surface area (Å²) in [6.07, 6.45) is -4.92. The lowest BCUT2D eigenvalue weighted by Crippen LogP contribution is -2.41. The van der Waals surface area contributed by atoms with Crippen LogP contribution in [0.2, 0.25) is 0 Å². The van der Waals surface area contributed by atoms with Gasteiger partial charge in [0, 0.05) is 6.07 Å². The Kier molecular flexibility index (Phi) is 7.00. The third kappa shape index (κ3) is 4.43. The molecule has 10 nitrogen and oxygen atoms in total. The fraction of sp³-hybridized carbons (Fsp3) is 0.174. The zero-order chi connectivity index (χ0) is 26.8. The smallest absolute Gasteiger partial charge is 0.416 e. The van der Waals surface area contributed by atoms with Crippen LogP contribution in [0.4, 0.5) is 24.5 Å². The van der Waals surface area contributed by atoms with Gasteiger partial charge in [-0.05, 0) is 17.7 Å². The molecule has 1 heterocycles. The number of nitro benzene ring substituents is 1. The summed E-state index contributed by atoms with van der Waals surface area (Å²) in [5.41, 5.74) is 2.13. The van der Waals surface area contributed by atoms with E-state index in [0.717, 1.165) is 14.2 Å². The van der Waals surface area contributed by atoms with E-state index in [1.54, 1.807) is 30.3 Å². The molecular weight excluding hydrogens is 485 g/mol. The lowest BCUT2D eigenvalue weighted by molar-refractivity contribution is -0.384. The predicted molar refractivity (Wildman–Crippen MR) is 118 cm³/mol. The molecule has 0 amide bonds. The lowest BCUT2D eigenvalue weighted by Gasteiger charge is -2.35. The Hall–Kier alpha value is -4.86. The van der Waals surface area contributed by atoms with Gasteiger partial charge < -0.3 is 15.2 Å². The molecular formula is C23H17F3N4O6. The van der Waals surface area contributed by atoms with Crippen LogP contribution in [-0.2, 0) is 25.2 Å². The fourth-order valence-electron chi connectivity index (χ4n) is 3.80. The number of methoxy groups -OCH3 is 2. The van der Waals surface area contributed by atoms with Crippen LogP contribution in [0, 0.1) is 21.4 Å². The molecule has 36 heavy (non-hydrogen) atoms. The Morgan fingerprint density at radius 1 is 1.11 bits per heavy atom. The molecule has 186 valence electrons. The van der Waals surface area contributed by atoms with E-state index >= 15 is 0 Å². The van der Waals surface area contributed by atoms with E-state index in [1.165, 1.54) is 0 Å². The molecule has 0 radical (unpaired) electrons. The number of halogens is 3. The molecule has 1 aliphatic rings. The highest BCUT2D eigenvalue weighted by molar-refractivity contribution is 6.06. The Morgan fingerprint density at radius 2 is 1.72 bits per heavy atom. The number of anilines is 1. The molecule has 0 saturated heterocycles. The number of carbonyl (C=O) groups excluding carboxylic acids is 2. The van der Waals surface area contributed by atoms with Gasteiger partial charge in [0.05, 0.1) is 47.8 Å². The van der Waals surface area contributed by atoms with Crippen molar-refractivity contribution in [3.8, 4) is 6.07 Å². The Bertz CT molecular complexity index is 1350. The molecule has 2 aromatic rings. The number of rotatable bonds is 5. The van der Waals surface area contributed by atoms with Crippen molar-refractivity contribution in [1.29, 1.82) is 5.26 Å². The van der Waals surface area contributed by atoms with Gasteiger partial charge in [-0.1, -0.05) is 30.3 Å². The number of hydrogen-bond donors (Lipinski definition) is 1. The number of carbonyl (C=O) groups is 2. The van der Waals surface area contributed by atoms with Crippen LogP contribution in [-0.4, -0.2) is 31.1 Å². The van der Waals surface area contributed by atoms with Gasteiger partial charge in [-0.3, -0.25) is 15.0 Å². The molecule has 0 aliphatic carbocycles. The van der Waals surface area contributed by atoms with Gasteiger partial charge in [0.15, 0.2) is 0 Å². The molecule has 3 rings (SSSR count). The van der Waals surface area contributed by atoms with E-state index in [4.69, 9.17) is 15.2 Å². The summed E-state index contributed by atoms with van der Waals surface area (Å²) in [6, 6.07) is 11.3. The van der Waals surface area contributed by atoms with Crippen molar-refractivity contribution in [1.82, 2.24) is 0 Å². The van der Waals surface area contributed by atoms with Gasteiger partial charge in [-0.2, -0.15) is 18.4 Å². The van der Waals surface area contributed by atoms with Crippen molar-refractivity contribution in [2.24, 2.45) is 5.73 Å². The molecule has 0 saturated carbocycles. The molecule has 1 atom stereocenters. The van der Waals surface area contributed by atoms with E-state index in [1.807, 2.05) is 6.07 Å². The monoisotopic (exact) mass is 502 g/mol. The molecule has 2 aromatic carbocycles. The Morgan fingerprint density at radius 3 is 2.22 bits per heavy atom. The fourth-order valence-corrected chi connectivity index (χ4v) is 3.80. The standard InChI is InChI=1S/C23H17F3N4O6/c1-35-21(31)18-17(12-6-4-3-5-7-12)14(11-27)20(28)29(19(18)22(32)36-2)15-9-8-13(23(24,25)26)10-16(15)30(33)34/h3-10,17H,28H2,1-2H3. The number of ether oxygens (including phenoxy) is 2. The minimum absolute atomic E-state index is 0.255. The summed E-state index contributed by atoms with van der Waals surface area (Å²) in [5, 5.41) is 21.7. The molecule has 0 bridgehead atoms. The minimum atomic E-state index is -4.92. The predicted octanol–water partition coefficient (Wildman–Crippen LogP) is 3.51. The number of nitro groups is 1. The maximum Gasteiger partial charge on any atom is 0.416 e. The highest BCUT2D eigenvalue weighted by Gasteiger charge is 2.45. The first-order valence-electron chi connectivity index (χ1n) is 9.99. The summed E-state index contributed by atoms with van der Waals surface area (Å²) in [5.74, 6) is -4.07. The molecule has 1 aliphatic heterocycles. The van der Waals surface area contributed by atoms with Crippen LogP contribution in [0.3, 0.4) is 0 Å². The summed E-state index contributed by atoms with van der Waals surface area (Å²) in [7, 11) is 1.96. The van der Waals surface area contributed by atoms with Crippen LogP contribution in [0.15, 0.2) is 71.2 Å². The summed E-state index contributed by atoms with van der Waals surface area (Å²) in [4.78, 5) is 37.2. The number of alkyl halides is 3. The largest absolute Gasteiger partial charge is 0.466 e. The third-order valence-electron chi connectivity index (χ3n) is 5.35. The van der Waals surface area contributed by atoms with Crippen molar-refractivity contribution in [2.75, 3.05) is 19.1 Å². The Balaban J connectivity index is 2.47. The molecule has 13 heteroatoms. The zero-order valence-corrected chi connectivity index (χ0v) is 18.7. The normalized spacial score (nSPS) is 15.9. The molecule has 0 aromatic heterocycles. The zero-order valence-electron chi connectivity index (χ0n) is 18.7. The van der Waals surface area contributed by atoms with E-state index in [0.29, 0.717) is 22.6 Å². The topological polar surface area (TPSA) is 149 Å². The summed E-state index contributed by atoms with van der Waals surface area (Å²) in [6.45, 7) is 0. The van der Waals surface area contributed by atoms with Crippen molar-refractivity contribution in [3.05, 3.63) is 92.4 Å². The van der Waals surface area contributed by atoms with Crippen LogP contribution in [0.5, 0.6) is 0 Å². The van der Waals surface area contributed by atoms with Crippen molar-refractivity contribution in [2.45, 2.75) is 12.1 Å². The van der Waals surface area contributed by atoms with Crippen LogP contribution in [0.25, 0.3) is 0 Å². The maximum atomic E-state index is 13.3. The van der Waals surface area contributed by atoms with Crippen LogP contribution >= 0.6 is 0 Å². The van der Waals surface area contributed by atoms with E-state index in [9.17, 15) is 38.1 Å². The number of nitriles is 1. The second kappa shape index (κ2) is 9.79. The van der Waals surface area contributed by atoms with Crippen LogP contribution in [0.1, 0.15) is 17.0 Å². The molecule has 0 fully saturated rings. The maximum absolute atomic E-state index is 13.3. The molecule has 1 unspecified atom stereocenters. The summed E-state index contributed by atoms with van der Waals surface area (Å²) >= 11 is 0. The first-order chi connectivity index (χ1) is 17.0. The van der Waals surface area contributed by atoms with Gasteiger partial charge >= 0.3 is 18.1 Å². The van der Waals surface area contributed by atoms with Gasteiger partial charge in [-0.15, -0.1) is 0 Å². The SMILES string of the molecule is COC(=O)C1=C(C(=O)OC)N(c2ccc(C(F)(F)F)cc2[N+](=O)[O-])C(N)=C(C#N)C1c1ccccc1. The molecule has 2 N–H and O–H groups in total. The van der Waals surface area contributed by atoms with E-state index in [2.05, 4.69) is 0 Å². The summed E-state index contributed by atoms with van der Waals surface area (Å²) < 4.78 is 49.4. The second-order valence-corrected chi connectivity index (χ2v) is 7.29. The van der Waals surface area contributed by atoms with Crippen molar-refractivity contribution >= 4 is 23.3 Å². The number of hydrogen-bond acceptors (Lipinski definition) is 9. The number of nitrogens with two attached hydrogens (primary N) is 1. The van der Waals surface area contributed by atoms with Gasteiger partial charge in [-0.25, -0.2) is 9.59 Å². The van der Waals surface area contributed by atoms with Crippen LogP contribution < -0.4 is 10.6 Å². The lowest BCUT2D eigenvalue weighted by atomic mass is 9.81. The number of esters is 2. The van der Waals surface area contributed by atoms with E-state index < -0.39 is 63.0 Å². The average Bonchev–Trinajstić information content (AvgIpc) is 2.86. The molecule has 0 spiro atoms. The average molecular weight is 502 g/mol. The number of allylic oxidation sites excluding steroid dienone is 1. The van der Waals surface area contributed by atoms with Gasteiger partial charge in [0.1, 0.15) is 17.2 Å². The Labute approximate surface area is 201 Å². The quantitative estimate of drug-likeness (QED) is 0.368. The van der Waals surface area contributed by atoms with E-state index in [-0.39, 0.29) is 11.6 Å². The minimum Gasteiger partial charge on any atom is -0.466 e. The van der Waals surface area contributed by atoms with Gasteiger partial charge in [0.2, 0.25) is 0 Å². The van der Waals surface area contributed by atoms with Crippen molar-refractivity contribution < 1.29 is 37.2 Å². The first kappa shape index (κ1) is 25.8. The highest BCUT2D eigenvalue weighted by Crippen LogP contribution is 2.46. The van der Waals surface area contributed by atoms with Crippen molar-refractivity contribution in [3.63, 3.8) is 0 Å². The second-order valence-electron chi connectivity index (χ2n) is 7.29. The van der Waals surface area contributed by atoms with Gasteiger partial charge in [0.25, 0.3) is 5.69 Å². The number of nitrogens with zero attached hydrogens (tertiary/aromatic N) is 3. The first-order valence-corrected chi connectivity index (χ1v) is 9.99. The number of benzene rings is 2. The third-order valence-corrected chi connectivity index (χ3v) is 5.35. The highest BCUT2D eigenvalue weighted by atomic mass is 19.4.